The maximum absolute atomic E-state index is 13.0. The summed E-state index contributed by atoms with van der Waals surface area (Å²) in [7, 11) is 1.61. The van der Waals surface area contributed by atoms with E-state index in [0.29, 0.717) is 49.7 Å². The van der Waals surface area contributed by atoms with E-state index in [2.05, 4.69) is 10.6 Å². The second kappa shape index (κ2) is 10.4. The van der Waals surface area contributed by atoms with Gasteiger partial charge in [-0.15, -0.1) is 0 Å². The number of nitrogens with one attached hydrogen (secondary N) is 2. The minimum atomic E-state index is -0.575. The lowest BCUT2D eigenvalue weighted by molar-refractivity contribution is -0.135. The lowest BCUT2D eigenvalue weighted by Crippen LogP contribution is -2.56. The maximum atomic E-state index is 13.0. The van der Waals surface area contributed by atoms with E-state index in [1.54, 1.807) is 36.2 Å². The SMILES string of the molecule is CNC(=O)CN1CCN(C(=O)C(CC(C)C)NC(=O)c2ccc(Cl)cc2)CC1. The average Bonchev–Trinajstić information content (AvgIpc) is 2.67. The van der Waals surface area contributed by atoms with E-state index < -0.39 is 6.04 Å². The number of piperazine rings is 1. The number of hydrogen-bond acceptors (Lipinski definition) is 4. The van der Waals surface area contributed by atoms with Crippen LogP contribution in [-0.2, 0) is 9.59 Å². The van der Waals surface area contributed by atoms with E-state index in [1.165, 1.54) is 0 Å². The molecule has 1 unspecified atom stereocenters. The highest BCUT2D eigenvalue weighted by Gasteiger charge is 2.29. The van der Waals surface area contributed by atoms with E-state index in [9.17, 15) is 14.4 Å². The molecule has 28 heavy (non-hydrogen) atoms. The Morgan fingerprint density at radius 3 is 2.21 bits per heavy atom. The second-order valence-corrected chi connectivity index (χ2v) is 7.87. The first-order valence-electron chi connectivity index (χ1n) is 9.58. The molecule has 1 heterocycles. The summed E-state index contributed by atoms with van der Waals surface area (Å²) in [6, 6.07) is 6.02. The molecule has 1 aliphatic heterocycles. The predicted octanol–water partition coefficient (Wildman–Crippen LogP) is 1.37. The Balaban J connectivity index is 1.98. The number of carbonyl (C=O) groups is 3. The Kier molecular flexibility index (Phi) is 8.26. The predicted molar refractivity (Wildman–Crippen MR) is 109 cm³/mol. The molecule has 2 N–H and O–H groups in total. The van der Waals surface area contributed by atoms with Crippen molar-refractivity contribution in [3.8, 4) is 0 Å². The molecule has 1 aromatic rings. The summed E-state index contributed by atoms with van der Waals surface area (Å²) >= 11 is 5.87. The quantitative estimate of drug-likeness (QED) is 0.714. The summed E-state index contributed by atoms with van der Waals surface area (Å²) in [5.41, 5.74) is 0.473. The number of rotatable bonds is 7. The van der Waals surface area contributed by atoms with Crippen molar-refractivity contribution in [2.45, 2.75) is 26.3 Å². The third-order valence-electron chi connectivity index (χ3n) is 4.75. The largest absolute Gasteiger partial charge is 0.358 e. The summed E-state index contributed by atoms with van der Waals surface area (Å²) in [6.07, 6.45) is 0.566. The van der Waals surface area contributed by atoms with Crippen LogP contribution in [0.15, 0.2) is 24.3 Å². The fourth-order valence-corrected chi connectivity index (χ4v) is 3.29. The van der Waals surface area contributed by atoms with E-state index in [-0.39, 0.29) is 23.6 Å². The van der Waals surface area contributed by atoms with Crippen LogP contribution in [0, 0.1) is 5.92 Å². The third kappa shape index (κ3) is 6.49. The molecule has 7 nitrogen and oxygen atoms in total. The molecule has 1 atom stereocenters. The average molecular weight is 409 g/mol. The number of hydrogen-bond donors (Lipinski definition) is 2. The lowest BCUT2D eigenvalue weighted by atomic mass is 10.0. The highest BCUT2D eigenvalue weighted by molar-refractivity contribution is 6.30. The van der Waals surface area contributed by atoms with Crippen molar-refractivity contribution in [2.24, 2.45) is 5.92 Å². The molecule has 1 saturated heterocycles. The Morgan fingerprint density at radius 2 is 1.68 bits per heavy atom. The molecule has 3 amide bonds. The van der Waals surface area contributed by atoms with Crippen LogP contribution >= 0.6 is 11.6 Å². The van der Waals surface area contributed by atoms with Gasteiger partial charge in [0, 0.05) is 43.8 Å². The van der Waals surface area contributed by atoms with Gasteiger partial charge >= 0.3 is 0 Å². The number of carbonyl (C=O) groups excluding carboxylic acids is 3. The van der Waals surface area contributed by atoms with E-state index in [1.807, 2.05) is 18.7 Å². The summed E-state index contributed by atoms with van der Waals surface area (Å²) < 4.78 is 0. The second-order valence-electron chi connectivity index (χ2n) is 7.44. The maximum Gasteiger partial charge on any atom is 0.251 e. The van der Waals surface area contributed by atoms with Gasteiger partial charge in [-0.3, -0.25) is 19.3 Å². The smallest absolute Gasteiger partial charge is 0.251 e. The minimum Gasteiger partial charge on any atom is -0.358 e. The topological polar surface area (TPSA) is 81.8 Å². The number of benzene rings is 1. The van der Waals surface area contributed by atoms with Gasteiger partial charge in [-0.2, -0.15) is 0 Å². The fraction of sp³-hybridized carbons (Fsp3) is 0.550. The zero-order chi connectivity index (χ0) is 20.7. The molecular weight excluding hydrogens is 380 g/mol. The Labute approximate surface area is 171 Å². The molecule has 0 radical (unpaired) electrons. The molecular formula is C20H29ClN4O3. The monoisotopic (exact) mass is 408 g/mol. The first-order valence-corrected chi connectivity index (χ1v) is 9.96. The van der Waals surface area contributed by atoms with Gasteiger partial charge < -0.3 is 15.5 Å². The molecule has 0 aromatic heterocycles. The highest BCUT2D eigenvalue weighted by atomic mass is 35.5. The number of likely N-dealkylation sites (N-methyl/N-ethyl adjacent to an activating group) is 1. The third-order valence-corrected chi connectivity index (χ3v) is 5.00. The van der Waals surface area contributed by atoms with Gasteiger partial charge in [-0.25, -0.2) is 0 Å². The Morgan fingerprint density at radius 1 is 1.07 bits per heavy atom. The first-order chi connectivity index (χ1) is 13.3. The molecule has 8 heteroatoms. The van der Waals surface area contributed by atoms with Crippen LogP contribution in [0.4, 0.5) is 0 Å². The van der Waals surface area contributed by atoms with Crippen LogP contribution in [0.5, 0.6) is 0 Å². The van der Waals surface area contributed by atoms with Crippen molar-refractivity contribution in [2.75, 3.05) is 39.8 Å². The molecule has 154 valence electrons. The molecule has 1 fully saturated rings. The molecule has 0 saturated carbocycles. The summed E-state index contributed by atoms with van der Waals surface area (Å²) in [5.74, 6) is -0.133. The zero-order valence-corrected chi connectivity index (χ0v) is 17.5. The van der Waals surface area contributed by atoms with Crippen molar-refractivity contribution in [1.29, 1.82) is 0 Å². The normalized spacial score (nSPS) is 16.0. The van der Waals surface area contributed by atoms with Crippen LogP contribution < -0.4 is 10.6 Å². The van der Waals surface area contributed by atoms with Crippen LogP contribution in [0.3, 0.4) is 0 Å². The van der Waals surface area contributed by atoms with Gasteiger partial charge in [-0.1, -0.05) is 25.4 Å². The minimum absolute atomic E-state index is 0.0345. The van der Waals surface area contributed by atoms with Gasteiger partial charge in [0.2, 0.25) is 11.8 Å². The highest BCUT2D eigenvalue weighted by Crippen LogP contribution is 2.13. The first kappa shape index (κ1) is 22.2. The molecule has 0 spiro atoms. The molecule has 2 rings (SSSR count). The van der Waals surface area contributed by atoms with Gasteiger partial charge in [0.1, 0.15) is 6.04 Å². The van der Waals surface area contributed by atoms with Gasteiger partial charge in [0.25, 0.3) is 5.91 Å². The Bertz CT molecular complexity index is 685. The fourth-order valence-electron chi connectivity index (χ4n) is 3.16. The molecule has 1 aromatic carbocycles. The van der Waals surface area contributed by atoms with Gasteiger partial charge in [0.15, 0.2) is 0 Å². The standard InChI is InChI=1S/C20H29ClN4O3/c1-14(2)12-17(23-19(27)15-4-6-16(21)7-5-15)20(28)25-10-8-24(9-11-25)13-18(26)22-3/h4-7,14,17H,8-13H2,1-3H3,(H,22,26)(H,23,27). The lowest BCUT2D eigenvalue weighted by Gasteiger charge is -2.36. The van der Waals surface area contributed by atoms with Crippen molar-refractivity contribution in [1.82, 2.24) is 20.4 Å². The van der Waals surface area contributed by atoms with Crippen LogP contribution in [0.25, 0.3) is 0 Å². The van der Waals surface area contributed by atoms with E-state index >= 15 is 0 Å². The van der Waals surface area contributed by atoms with Crippen molar-refractivity contribution >= 4 is 29.3 Å². The molecule has 0 bridgehead atoms. The molecule has 1 aliphatic rings. The number of amides is 3. The summed E-state index contributed by atoms with van der Waals surface area (Å²) in [4.78, 5) is 40.9. The van der Waals surface area contributed by atoms with Crippen LogP contribution in [-0.4, -0.2) is 73.3 Å². The number of nitrogens with zero attached hydrogens (tertiary/aromatic N) is 2. The zero-order valence-electron chi connectivity index (χ0n) is 16.7. The number of halogens is 1. The van der Waals surface area contributed by atoms with Gasteiger partial charge in [-0.05, 0) is 36.6 Å². The van der Waals surface area contributed by atoms with Gasteiger partial charge in [0.05, 0.1) is 6.54 Å². The van der Waals surface area contributed by atoms with Crippen LogP contribution in [0.2, 0.25) is 5.02 Å². The van der Waals surface area contributed by atoms with Crippen molar-refractivity contribution in [3.05, 3.63) is 34.9 Å². The van der Waals surface area contributed by atoms with Crippen LogP contribution in [0.1, 0.15) is 30.6 Å². The molecule has 0 aliphatic carbocycles. The van der Waals surface area contributed by atoms with Crippen molar-refractivity contribution in [3.63, 3.8) is 0 Å². The Hall–Kier alpha value is -2.12. The van der Waals surface area contributed by atoms with E-state index in [4.69, 9.17) is 11.6 Å². The van der Waals surface area contributed by atoms with Crippen molar-refractivity contribution < 1.29 is 14.4 Å². The summed E-state index contributed by atoms with van der Waals surface area (Å²) in [5, 5.41) is 6.05. The summed E-state index contributed by atoms with van der Waals surface area (Å²) in [6.45, 7) is 6.74. The van der Waals surface area contributed by atoms with E-state index in [0.717, 1.165) is 0 Å².